The van der Waals surface area contributed by atoms with Crippen molar-refractivity contribution in [2.75, 3.05) is 13.2 Å². The van der Waals surface area contributed by atoms with E-state index in [0.29, 0.717) is 12.0 Å². The van der Waals surface area contributed by atoms with Crippen LogP contribution in [0.25, 0.3) is 0 Å². The molecule has 0 radical (unpaired) electrons. The summed E-state index contributed by atoms with van der Waals surface area (Å²) in [7, 11) is 0. The molecule has 0 aliphatic heterocycles. The summed E-state index contributed by atoms with van der Waals surface area (Å²) < 4.78 is 11.0. The molecule has 0 saturated carbocycles. The summed E-state index contributed by atoms with van der Waals surface area (Å²) in [6, 6.07) is 14.5. The predicted molar refractivity (Wildman–Crippen MR) is 182 cm³/mol. The van der Waals surface area contributed by atoms with Gasteiger partial charge in [-0.3, -0.25) is 9.59 Å². The minimum absolute atomic E-state index is 0.174. The van der Waals surface area contributed by atoms with Gasteiger partial charge in [0.25, 0.3) is 0 Å². The van der Waals surface area contributed by atoms with E-state index in [0.717, 1.165) is 37.7 Å². The van der Waals surface area contributed by atoms with Gasteiger partial charge in [-0.2, -0.15) is 0 Å². The maximum absolute atomic E-state index is 14.4. The van der Waals surface area contributed by atoms with Crippen molar-refractivity contribution in [1.82, 2.24) is 15.5 Å². The number of carbonyl (C=O) groups is 4. The fourth-order valence-corrected chi connectivity index (χ4v) is 5.04. The second-order valence-corrected chi connectivity index (χ2v) is 13.8. The van der Waals surface area contributed by atoms with E-state index in [1.165, 1.54) is 4.90 Å². The van der Waals surface area contributed by atoms with Crippen molar-refractivity contribution in [3.63, 3.8) is 0 Å². The molecule has 2 rings (SSSR count). The average Bonchev–Trinajstić information content (AvgIpc) is 2.99. The standard InChI is InChI=1S/C37H55N3O7/c1-8-9-10-11-12-19-24-40(33(43)30(26-41)39-35(45)47-37(5,6)7)31(28-22-17-14-18-23-28)32(42)38-29(34(44)46-36(2,3)4)25-27-20-15-13-16-21-27/h13-18,20-23,29-31,41H,8-12,19,24-26H2,1-7H3,(H,38,42)(H,39,45). The van der Waals surface area contributed by atoms with E-state index < -0.39 is 59.8 Å². The topological polar surface area (TPSA) is 134 Å². The van der Waals surface area contributed by atoms with Crippen LogP contribution in [0.15, 0.2) is 60.7 Å². The second kappa shape index (κ2) is 19.0. The molecule has 0 saturated heterocycles. The minimum Gasteiger partial charge on any atom is -0.458 e. The number of nitrogens with zero attached hydrogens (tertiary/aromatic N) is 1. The van der Waals surface area contributed by atoms with Crippen LogP contribution in [0.1, 0.15) is 104 Å². The van der Waals surface area contributed by atoms with Crippen molar-refractivity contribution >= 4 is 23.9 Å². The van der Waals surface area contributed by atoms with Crippen molar-refractivity contribution in [2.45, 2.75) is 123 Å². The summed E-state index contributed by atoms with van der Waals surface area (Å²) in [4.78, 5) is 56.0. The highest BCUT2D eigenvalue weighted by Gasteiger charge is 2.38. The van der Waals surface area contributed by atoms with Gasteiger partial charge in [-0.25, -0.2) is 9.59 Å². The van der Waals surface area contributed by atoms with Crippen LogP contribution in [-0.2, 0) is 30.3 Å². The van der Waals surface area contributed by atoms with Crippen LogP contribution >= 0.6 is 0 Å². The predicted octanol–water partition coefficient (Wildman–Crippen LogP) is 5.87. The van der Waals surface area contributed by atoms with E-state index >= 15 is 0 Å². The molecule has 10 nitrogen and oxygen atoms in total. The Hall–Kier alpha value is -3.92. The molecular formula is C37H55N3O7. The van der Waals surface area contributed by atoms with Crippen LogP contribution < -0.4 is 10.6 Å². The zero-order valence-electron chi connectivity index (χ0n) is 29.2. The number of unbranched alkanes of at least 4 members (excludes halogenated alkanes) is 5. The first-order valence-electron chi connectivity index (χ1n) is 16.7. The Morgan fingerprint density at radius 1 is 0.745 bits per heavy atom. The number of ether oxygens (including phenoxy) is 2. The van der Waals surface area contributed by atoms with Crippen LogP contribution in [0.5, 0.6) is 0 Å². The molecule has 3 amide bonds. The second-order valence-electron chi connectivity index (χ2n) is 13.8. The monoisotopic (exact) mass is 653 g/mol. The molecular weight excluding hydrogens is 598 g/mol. The molecule has 0 spiro atoms. The van der Waals surface area contributed by atoms with Crippen molar-refractivity contribution in [3.8, 4) is 0 Å². The lowest BCUT2D eigenvalue weighted by molar-refractivity contribution is -0.159. The molecule has 0 heterocycles. The number of benzene rings is 2. The van der Waals surface area contributed by atoms with E-state index in [2.05, 4.69) is 17.6 Å². The molecule has 47 heavy (non-hydrogen) atoms. The molecule has 0 aliphatic carbocycles. The van der Waals surface area contributed by atoms with Gasteiger partial charge in [0, 0.05) is 13.0 Å². The lowest BCUT2D eigenvalue weighted by Crippen LogP contribution is -2.56. The lowest BCUT2D eigenvalue weighted by atomic mass is 10.00. The largest absolute Gasteiger partial charge is 0.458 e. The maximum Gasteiger partial charge on any atom is 0.408 e. The minimum atomic E-state index is -1.37. The van der Waals surface area contributed by atoms with Crippen molar-refractivity contribution in [1.29, 1.82) is 0 Å². The summed E-state index contributed by atoms with van der Waals surface area (Å²) in [5.41, 5.74) is -0.285. The summed E-state index contributed by atoms with van der Waals surface area (Å²) in [5.74, 6) is -1.83. The van der Waals surface area contributed by atoms with Crippen LogP contribution in [-0.4, -0.2) is 70.3 Å². The average molecular weight is 654 g/mol. The first-order valence-corrected chi connectivity index (χ1v) is 16.7. The van der Waals surface area contributed by atoms with Gasteiger partial charge in [0.05, 0.1) is 6.61 Å². The summed E-state index contributed by atoms with van der Waals surface area (Å²) >= 11 is 0. The third-order valence-electron chi connectivity index (χ3n) is 7.17. The quantitative estimate of drug-likeness (QED) is 0.144. The third-order valence-corrected chi connectivity index (χ3v) is 7.17. The van der Waals surface area contributed by atoms with E-state index in [1.54, 1.807) is 71.9 Å². The number of aliphatic hydroxyl groups excluding tert-OH is 1. The van der Waals surface area contributed by atoms with E-state index in [9.17, 15) is 24.3 Å². The highest BCUT2D eigenvalue weighted by Crippen LogP contribution is 2.25. The zero-order chi connectivity index (χ0) is 35.0. The van der Waals surface area contributed by atoms with Gasteiger partial charge in [-0.1, -0.05) is 99.7 Å². The Balaban J connectivity index is 2.51. The number of aliphatic hydroxyl groups is 1. The number of hydrogen-bond acceptors (Lipinski definition) is 7. The van der Waals surface area contributed by atoms with Crippen molar-refractivity contribution in [2.24, 2.45) is 0 Å². The molecule has 260 valence electrons. The molecule has 3 atom stereocenters. The maximum atomic E-state index is 14.4. The molecule has 2 aromatic rings. The van der Waals surface area contributed by atoms with Gasteiger partial charge in [-0.15, -0.1) is 0 Å². The Labute approximate surface area is 280 Å². The number of carbonyl (C=O) groups excluding carboxylic acids is 4. The van der Waals surface area contributed by atoms with Gasteiger partial charge in [-0.05, 0) is 59.1 Å². The number of amides is 3. The summed E-state index contributed by atoms with van der Waals surface area (Å²) in [6.45, 7) is 12.0. The van der Waals surface area contributed by atoms with Crippen molar-refractivity contribution in [3.05, 3.63) is 71.8 Å². The number of nitrogens with one attached hydrogen (secondary N) is 2. The van der Waals surface area contributed by atoms with Gasteiger partial charge < -0.3 is 30.1 Å². The number of esters is 1. The number of alkyl carbamates (subject to hydrolysis) is 1. The third kappa shape index (κ3) is 14.6. The summed E-state index contributed by atoms with van der Waals surface area (Å²) in [5, 5.41) is 15.6. The molecule has 0 aromatic heterocycles. The Morgan fingerprint density at radius 3 is 1.85 bits per heavy atom. The molecule has 0 aliphatic rings. The number of rotatable bonds is 17. The molecule has 2 aromatic carbocycles. The van der Waals surface area contributed by atoms with Crippen LogP contribution in [0.4, 0.5) is 4.79 Å². The van der Waals surface area contributed by atoms with E-state index in [4.69, 9.17) is 9.47 Å². The van der Waals surface area contributed by atoms with Crippen LogP contribution in [0, 0.1) is 0 Å². The zero-order valence-corrected chi connectivity index (χ0v) is 29.2. The van der Waals surface area contributed by atoms with Gasteiger partial charge >= 0.3 is 12.1 Å². The molecule has 3 N–H and O–H groups in total. The molecule has 0 bridgehead atoms. The molecule has 3 unspecified atom stereocenters. The molecule has 0 fully saturated rings. The Kier molecular flexibility index (Phi) is 15.9. The highest BCUT2D eigenvalue weighted by atomic mass is 16.6. The Bertz CT molecular complexity index is 1260. The smallest absolute Gasteiger partial charge is 0.408 e. The lowest BCUT2D eigenvalue weighted by Gasteiger charge is -2.35. The Morgan fingerprint density at radius 2 is 1.30 bits per heavy atom. The normalized spacial score (nSPS) is 13.5. The first kappa shape index (κ1) is 39.3. The fraction of sp³-hybridized carbons (Fsp3) is 0.568. The highest BCUT2D eigenvalue weighted by molar-refractivity contribution is 5.94. The van der Waals surface area contributed by atoms with Crippen LogP contribution in [0.2, 0.25) is 0 Å². The first-order chi connectivity index (χ1) is 22.1. The van der Waals surface area contributed by atoms with Gasteiger partial charge in [0.15, 0.2) is 0 Å². The SMILES string of the molecule is CCCCCCCCN(C(=O)C(CO)NC(=O)OC(C)(C)C)C(C(=O)NC(Cc1ccccc1)C(=O)OC(C)(C)C)c1ccccc1. The van der Waals surface area contributed by atoms with Crippen LogP contribution in [0.3, 0.4) is 0 Å². The van der Waals surface area contributed by atoms with Gasteiger partial charge in [0.2, 0.25) is 11.8 Å². The van der Waals surface area contributed by atoms with E-state index in [1.807, 2.05) is 30.3 Å². The summed E-state index contributed by atoms with van der Waals surface area (Å²) in [6.07, 6.45) is 4.96. The fourth-order valence-electron chi connectivity index (χ4n) is 5.04. The number of hydrogen-bond donors (Lipinski definition) is 3. The van der Waals surface area contributed by atoms with E-state index in [-0.39, 0.29) is 13.0 Å². The molecule has 10 heteroatoms. The van der Waals surface area contributed by atoms with Crippen molar-refractivity contribution < 1.29 is 33.8 Å². The van der Waals surface area contributed by atoms with Gasteiger partial charge in [0.1, 0.15) is 29.3 Å².